The highest BCUT2D eigenvalue weighted by atomic mass is 35.5. The predicted molar refractivity (Wildman–Crippen MR) is 215 cm³/mol. The van der Waals surface area contributed by atoms with Gasteiger partial charge < -0.3 is 39.4 Å². The van der Waals surface area contributed by atoms with Gasteiger partial charge in [0.05, 0.1) is 23.5 Å². The number of likely N-dealkylation sites (tertiary alicyclic amines) is 2. The summed E-state index contributed by atoms with van der Waals surface area (Å²) in [6, 6.07) is 11.5. The van der Waals surface area contributed by atoms with E-state index in [-0.39, 0.29) is 36.0 Å². The first-order valence-corrected chi connectivity index (χ1v) is 20.4. The molecular weight excluding hydrogens is 789 g/mol. The average molecular weight is 839 g/mol. The number of piperidine rings is 2. The van der Waals surface area contributed by atoms with Crippen molar-refractivity contribution in [2.24, 2.45) is 0 Å². The lowest BCUT2D eigenvalue weighted by molar-refractivity contribution is -0.149. The fourth-order valence-electron chi connectivity index (χ4n) is 8.33. The monoisotopic (exact) mass is 838 g/mol. The zero-order valence-electron chi connectivity index (χ0n) is 33.7. The standard InChI is InChI=1S/C43H50ClF3N6O6/c1-25(54)52-18-13-29(14-19-52)49-23-27-8-10-36(51-40(27)56-3)34-12-17-48-39(38(34)44)33-7-5-6-32-31(33)9-11-37(32)58-42-35(43(45,46)47)22-28(41(57-4)59-42)24-50-30-15-20-53(21-16-30)26(2)55/h5-8,10,12,17,22,29-30,37,41,49-50H,9,11,13-16,18-21,23-24H2,1-4H3/t37-,41?/m0/s1. The number of benzene rings is 1. The Morgan fingerprint density at radius 2 is 1.56 bits per heavy atom. The molecule has 12 nitrogen and oxygen atoms in total. The summed E-state index contributed by atoms with van der Waals surface area (Å²) in [4.78, 5) is 36.5. The number of amides is 2. The maximum absolute atomic E-state index is 14.6. The number of hydrogen-bond acceptors (Lipinski definition) is 10. The molecular formula is C43H50ClF3N6O6. The summed E-state index contributed by atoms with van der Waals surface area (Å²) < 4.78 is 66.9. The molecule has 1 unspecified atom stereocenters. The lowest BCUT2D eigenvalue weighted by atomic mass is 9.98. The predicted octanol–water partition coefficient (Wildman–Crippen LogP) is 6.88. The number of ether oxygens (including phenoxy) is 4. The van der Waals surface area contributed by atoms with Gasteiger partial charge in [0.15, 0.2) is 0 Å². The lowest BCUT2D eigenvalue weighted by Crippen LogP contribution is -2.45. The Kier molecular flexibility index (Phi) is 13.1. The minimum Gasteiger partial charge on any atom is -0.481 e. The number of halogens is 4. The van der Waals surface area contributed by atoms with Gasteiger partial charge in [0, 0.05) is 101 Å². The lowest BCUT2D eigenvalue weighted by Gasteiger charge is -2.33. The molecule has 2 fully saturated rings. The summed E-state index contributed by atoms with van der Waals surface area (Å²) in [5, 5.41) is 7.27. The van der Waals surface area contributed by atoms with Crippen LogP contribution in [0.3, 0.4) is 0 Å². The first-order chi connectivity index (χ1) is 28.3. The van der Waals surface area contributed by atoms with E-state index in [1.165, 1.54) is 14.0 Å². The van der Waals surface area contributed by atoms with Gasteiger partial charge in [-0.3, -0.25) is 14.6 Å². The molecule has 59 heavy (non-hydrogen) atoms. The molecule has 1 aromatic carbocycles. The van der Waals surface area contributed by atoms with Crippen LogP contribution >= 0.6 is 11.6 Å². The van der Waals surface area contributed by atoms with Gasteiger partial charge in [-0.1, -0.05) is 35.9 Å². The SMILES string of the molecule is COc1nc(-c2ccnc(-c3cccc4c3CC[C@@H]4OC3=C(C(F)(F)F)C=C(CNC4CCN(C(C)=O)CC4)C(OC)O3)c2Cl)ccc1CNC1CCN(C(C)=O)CC1. The second kappa shape index (κ2) is 18.3. The van der Waals surface area contributed by atoms with Crippen LogP contribution in [-0.2, 0) is 36.8 Å². The molecule has 4 aliphatic rings. The molecule has 0 bridgehead atoms. The van der Waals surface area contributed by atoms with Crippen molar-refractivity contribution < 1.29 is 41.7 Å². The van der Waals surface area contributed by atoms with E-state index in [4.69, 9.17) is 35.5 Å². The van der Waals surface area contributed by atoms with Crippen molar-refractivity contribution in [2.45, 2.75) is 89.6 Å². The van der Waals surface area contributed by atoms with Gasteiger partial charge in [-0.05, 0) is 67.9 Å². The molecule has 16 heteroatoms. The molecule has 7 rings (SSSR count). The van der Waals surface area contributed by atoms with Crippen molar-refractivity contribution in [3.8, 4) is 28.4 Å². The number of fused-ring (bicyclic) bond motifs is 1. The molecule has 2 amide bonds. The molecule has 3 aliphatic heterocycles. The highest BCUT2D eigenvalue weighted by Gasteiger charge is 2.43. The molecule has 5 heterocycles. The van der Waals surface area contributed by atoms with Crippen molar-refractivity contribution in [3.05, 3.63) is 87.5 Å². The van der Waals surface area contributed by atoms with Gasteiger partial charge in [0.2, 0.25) is 24.0 Å². The number of aromatic nitrogens is 2. The first kappa shape index (κ1) is 42.4. The van der Waals surface area contributed by atoms with Gasteiger partial charge in [-0.25, -0.2) is 4.98 Å². The van der Waals surface area contributed by atoms with Gasteiger partial charge >= 0.3 is 6.18 Å². The molecule has 3 aromatic rings. The summed E-state index contributed by atoms with van der Waals surface area (Å²) in [5.74, 6) is -0.0671. The Morgan fingerprint density at radius 1 is 0.898 bits per heavy atom. The summed E-state index contributed by atoms with van der Waals surface area (Å²) in [6.45, 7) is 6.42. The van der Waals surface area contributed by atoms with Crippen LogP contribution in [0.25, 0.3) is 22.5 Å². The average Bonchev–Trinajstić information content (AvgIpc) is 3.64. The fraction of sp³-hybridized carbons (Fsp3) is 0.488. The Hall–Kier alpha value is -4.70. The number of carbonyl (C=O) groups excluding carboxylic acids is 2. The van der Waals surface area contributed by atoms with Crippen LogP contribution in [0.2, 0.25) is 5.02 Å². The smallest absolute Gasteiger partial charge is 0.423 e. The fourth-order valence-corrected chi connectivity index (χ4v) is 8.64. The van der Waals surface area contributed by atoms with Gasteiger partial charge in [-0.2, -0.15) is 13.2 Å². The minimum absolute atomic E-state index is 0.00998. The second-order valence-electron chi connectivity index (χ2n) is 15.3. The third-order valence-corrected chi connectivity index (χ3v) is 12.0. The van der Waals surface area contributed by atoms with Crippen molar-refractivity contribution in [2.75, 3.05) is 46.9 Å². The van der Waals surface area contributed by atoms with Crippen LogP contribution in [0, 0.1) is 0 Å². The Morgan fingerprint density at radius 3 is 2.17 bits per heavy atom. The molecule has 2 aromatic heterocycles. The molecule has 0 radical (unpaired) electrons. The van der Waals surface area contributed by atoms with Crippen molar-refractivity contribution in [1.29, 1.82) is 0 Å². The Balaban J connectivity index is 1.08. The Labute approximate surface area is 347 Å². The highest BCUT2D eigenvalue weighted by molar-refractivity contribution is 6.35. The summed E-state index contributed by atoms with van der Waals surface area (Å²) in [5.41, 5.74) is 4.25. The van der Waals surface area contributed by atoms with Gasteiger partial charge in [0.25, 0.3) is 5.95 Å². The molecule has 1 aliphatic carbocycles. The molecule has 0 spiro atoms. The van der Waals surface area contributed by atoms with Crippen LogP contribution in [0.15, 0.2) is 65.8 Å². The van der Waals surface area contributed by atoms with Crippen LogP contribution in [0.5, 0.6) is 5.88 Å². The van der Waals surface area contributed by atoms with E-state index in [0.29, 0.717) is 78.7 Å². The first-order valence-electron chi connectivity index (χ1n) is 20.0. The van der Waals surface area contributed by atoms with Crippen molar-refractivity contribution in [1.82, 2.24) is 30.4 Å². The summed E-state index contributed by atoms with van der Waals surface area (Å²) in [7, 11) is 2.95. The third-order valence-electron chi connectivity index (χ3n) is 11.7. The normalized spacial score (nSPS) is 20.3. The van der Waals surface area contributed by atoms with E-state index in [1.54, 1.807) is 31.2 Å². The van der Waals surface area contributed by atoms with Crippen LogP contribution in [0.1, 0.15) is 68.7 Å². The van der Waals surface area contributed by atoms with E-state index in [0.717, 1.165) is 48.7 Å². The number of carbonyl (C=O) groups is 2. The number of nitrogens with zero attached hydrogens (tertiary/aromatic N) is 4. The number of hydrogen-bond donors (Lipinski definition) is 2. The summed E-state index contributed by atoms with van der Waals surface area (Å²) in [6.07, 6.45) is 0.173. The number of methoxy groups -OCH3 is 2. The van der Waals surface area contributed by atoms with Gasteiger partial charge in [0.1, 0.15) is 11.7 Å². The topological polar surface area (TPSA) is 127 Å². The molecule has 0 saturated carbocycles. The number of rotatable bonds is 12. The van der Waals surface area contributed by atoms with Crippen LogP contribution in [-0.4, -0.2) is 103 Å². The van der Waals surface area contributed by atoms with E-state index < -0.39 is 30.1 Å². The zero-order valence-corrected chi connectivity index (χ0v) is 34.4. The maximum atomic E-state index is 14.6. The maximum Gasteiger partial charge on any atom is 0.423 e. The highest BCUT2D eigenvalue weighted by Crippen LogP contribution is 2.45. The van der Waals surface area contributed by atoms with Crippen LogP contribution < -0.4 is 15.4 Å². The largest absolute Gasteiger partial charge is 0.481 e. The number of pyridine rings is 2. The number of alkyl halides is 3. The zero-order chi connectivity index (χ0) is 41.8. The second-order valence-corrected chi connectivity index (χ2v) is 15.7. The molecule has 316 valence electrons. The summed E-state index contributed by atoms with van der Waals surface area (Å²) >= 11 is 7.10. The van der Waals surface area contributed by atoms with Crippen molar-refractivity contribution in [3.63, 3.8) is 0 Å². The number of allylic oxidation sites excluding steroid dienone is 2. The van der Waals surface area contributed by atoms with Crippen molar-refractivity contribution >= 4 is 23.4 Å². The van der Waals surface area contributed by atoms with Crippen LogP contribution in [0.4, 0.5) is 13.2 Å². The third kappa shape index (κ3) is 9.53. The quantitative estimate of drug-likeness (QED) is 0.199. The van der Waals surface area contributed by atoms with E-state index in [9.17, 15) is 22.8 Å². The number of nitrogens with one attached hydrogen (secondary N) is 2. The molecule has 2 saturated heterocycles. The molecule has 2 atom stereocenters. The van der Waals surface area contributed by atoms with E-state index >= 15 is 0 Å². The minimum atomic E-state index is -4.76. The molecule has 2 N–H and O–H groups in total. The Bertz CT molecular complexity index is 2100. The van der Waals surface area contributed by atoms with Gasteiger partial charge in [-0.15, -0.1) is 0 Å². The van der Waals surface area contributed by atoms with E-state index in [2.05, 4.69) is 15.6 Å². The van der Waals surface area contributed by atoms with E-state index in [1.807, 2.05) is 35.2 Å².